The first-order valence-corrected chi connectivity index (χ1v) is 6.64. The lowest BCUT2D eigenvalue weighted by Gasteiger charge is -2.24. The minimum Gasteiger partial charge on any atom is -0.351 e. The summed E-state index contributed by atoms with van der Waals surface area (Å²) < 4.78 is 0. The van der Waals surface area contributed by atoms with Crippen LogP contribution in [0.15, 0.2) is 42.7 Å². The van der Waals surface area contributed by atoms with Crippen LogP contribution in [0.4, 0.5) is 5.82 Å². The van der Waals surface area contributed by atoms with Crippen molar-refractivity contribution in [3.63, 3.8) is 0 Å². The lowest BCUT2D eigenvalue weighted by molar-refractivity contribution is 0.740. The van der Waals surface area contributed by atoms with Crippen LogP contribution >= 0.6 is 0 Å². The molecule has 1 aromatic carbocycles. The van der Waals surface area contributed by atoms with Crippen LogP contribution in [-0.2, 0) is 13.1 Å². The lowest BCUT2D eigenvalue weighted by Crippen LogP contribution is -2.26. The molecule has 0 saturated carbocycles. The fourth-order valence-corrected chi connectivity index (χ4v) is 2.10. The molecule has 19 heavy (non-hydrogen) atoms. The van der Waals surface area contributed by atoms with Gasteiger partial charge in [-0.1, -0.05) is 37.3 Å². The number of anilines is 1. The van der Waals surface area contributed by atoms with Crippen LogP contribution in [0, 0.1) is 0 Å². The molecule has 100 valence electrons. The summed E-state index contributed by atoms with van der Waals surface area (Å²) in [6.45, 7) is 4.36. The van der Waals surface area contributed by atoms with Crippen LogP contribution in [0.2, 0.25) is 0 Å². The maximum Gasteiger partial charge on any atom is 0.151 e. The average molecular weight is 256 g/mol. The average Bonchev–Trinajstić information content (AvgIpc) is 2.48. The Morgan fingerprint density at radius 3 is 2.53 bits per heavy atom. The van der Waals surface area contributed by atoms with Gasteiger partial charge in [0, 0.05) is 32.0 Å². The number of nitrogens with two attached hydrogens (primary N) is 1. The van der Waals surface area contributed by atoms with E-state index in [-0.39, 0.29) is 0 Å². The minimum atomic E-state index is 0.415. The first-order valence-electron chi connectivity index (χ1n) is 6.64. The summed E-state index contributed by atoms with van der Waals surface area (Å²) in [5, 5.41) is 0. The number of benzene rings is 1. The molecule has 4 nitrogen and oxygen atoms in total. The highest BCUT2D eigenvalue weighted by molar-refractivity contribution is 5.43. The Labute approximate surface area is 114 Å². The van der Waals surface area contributed by atoms with Gasteiger partial charge in [-0.05, 0) is 12.0 Å². The van der Waals surface area contributed by atoms with Crippen LogP contribution in [0.3, 0.4) is 0 Å². The molecule has 2 rings (SSSR count). The van der Waals surface area contributed by atoms with E-state index in [1.165, 1.54) is 5.56 Å². The molecule has 0 aliphatic carbocycles. The zero-order valence-corrected chi connectivity index (χ0v) is 11.3. The Morgan fingerprint density at radius 2 is 1.84 bits per heavy atom. The van der Waals surface area contributed by atoms with E-state index in [4.69, 9.17) is 5.73 Å². The molecule has 0 atom stereocenters. The van der Waals surface area contributed by atoms with E-state index in [9.17, 15) is 0 Å². The molecule has 4 heteroatoms. The second kappa shape index (κ2) is 6.85. The highest BCUT2D eigenvalue weighted by atomic mass is 15.2. The monoisotopic (exact) mass is 256 g/mol. The summed E-state index contributed by atoms with van der Waals surface area (Å²) in [5.74, 6) is 0.899. The van der Waals surface area contributed by atoms with Crippen molar-refractivity contribution >= 4 is 5.82 Å². The Kier molecular flexibility index (Phi) is 4.86. The molecule has 0 aliphatic heterocycles. The van der Waals surface area contributed by atoms with Gasteiger partial charge < -0.3 is 10.6 Å². The minimum absolute atomic E-state index is 0.415. The van der Waals surface area contributed by atoms with Crippen molar-refractivity contribution in [1.82, 2.24) is 9.97 Å². The van der Waals surface area contributed by atoms with Gasteiger partial charge in [0.15, 0.2) is 5.82 Å². The topological polar surface area (TPSA) is 55.0 Å². The van der Waals surface area contributed by atoms with Crippen LogP contribution in [0.25, 0.3) is 0 Å². The first kappa shape index (κ1) is 13.5. The van der Waals surface area contributed by atoms with Gasteiger partial charge in [0.2, 0.25) is 0 Å². The second-order valence-electron chi connectivity index (χ2n) is 4.44. The van der Waals surface area contributed by atoms with E-state index in [1.807, 2.05) is 6.07 Å². The van der Waals surface area contributed by atoms with E-state index in [0.29, 0.717) is 6.54 Å². The van der Waals surface area contributed by atoms with Crippen LogP contribution in [0.1, 0.15) is 24.6 Å². The van der Waals surface area contributed by atoms with Gasteiger partial charge in [0.1, 0.15) is 0 Å². The fourth-order valence-electron chi connectivity index (χ4n) is 2.10. The molecule has 0 fully saturated rings. The molecule has 0 aliphatic rings. The van der Waals surface area contributed by atoms with Crippen molar-refractivity contribution in [2.24, 2.45) is 5.73 Å². The summed E-state index contributed by atoms with van der Waals surface area (Å²) in [6, 6.07) is 10.4. The van der Waals surface area contributed by atoms with E-state index < -0.39 is 0 Å². The maximum absolute atomic E-state index is 5.75. The van der Waals surface area contributed by atoms with E-state index in [0.717, 1.165) is 31.0 Å². The van der Waals surface area contributed by atoms with Gasteiger partial charge in [-0.15, -0.1) is 0 Å². The third kappa shape index (κ3) is 3.51. The number of hydrogen-bond acceptors (Lipinski definition) is 4. The number of nitrogens with zero attached hydrogens (tertiary/aromatic N) is 3. The van der Waals surface area contributed by atoms with Gasteiger partial charge >= 0.3 is 0 Å². The van der Waals surface area contributed by atoms with Crippen LogP contribution in [-0.4, -0.2) is 16.5 Å². The Balaban J connectivity index is 2.24. The highest BCUT2D eigenvalue weighted by Crippen LogP contribution is 2.17. The molecule has 1 heterocycles. The van der Waals surface area contributed by atoms with Gasteiger partial charge in [0.05, 0.1) is 5.69 Å². The van der Waals surface area contributed by atoms with Gasteiger partial charge in [-0.25, -0.2) is 4.98 Å². The summed E-state index contributed by atoms with van der Waals surface area (Å²) in [7, 11) is 0. The molecule has 0 spiro atoms. The standard InChI is InChI=1S/C15H20N4/c1-2-10-19(12-13-6-4-3-5-7-13)15-14(11-16)17-8-9-18-15/h3-9H,2,10-12,16H2,1H3. The van der Waals surface area contributed by atoms with Crippen molar-refractivity contribution in [1.29, 1.82) is 0 Å². The van der Waals surface area contributed by atoms with Gasteiger partial charge in [0.25, 0.3) is 0 Å². The third-order valence-corrected chi connectivity index (χ3v) is 2.95. The van der Waals surface area contributed by atoms with Gasteiger partial charge in [-0.3, -0.25) is 4.98 Å². The molecule has 2 aromatic rings. The maximum atomic E-state index is 5.75. The molecule has 0 bridgehead atoms. The normalized spacial score (nSPS) is 10.4. The number of aromatic nitrogens is 2. The first-order chi connectivity index (χ1) is 9.35. The highest BCUT2D eigenvalue weighted by Gasteiger charge is 2.12. The van der Waals surface area contributed by atoms with Crippen molar-refractivity contribution in [2.45, 2.75) is 26.4 Å². The molecule has 0 saturated heterocycles. The van der Waals surface area contributed by atoms with Crippen molar-refractivity contribution in [3.05, 3.63) is 54.0 Å². The third-order valence-electron chi connectivity index (χ3n) is 2.95. The second-order valence-corrected chi connectivity index (χ2v) is 4.44. The predicted molar refractivity (Wildman–Crippen MR) is 77.7 cm³/mol. The number of rotatable bonds is 6. The van der Waals surface area contributed by atoms with Crippen LogP contribution in [0.5, 0.6) is 0 Å². The van der Waals surface area contributed by atoms with Crippen molar-refractivity contribution in [3.8, 4) is 0 Å². The molecular weight excluding hydrogens is 236 g/mol. The lowest BCUT2D eigenvalue weighted by atomic mass is 10.2. The summed E-state index contributed by atoms with van der Waals surface area (Å²) >= 11 is 0. The number of hydrogen-bond donors (Lipinski definition) is 1. The van der Waals surface area contributed by atoms with E-state index >= 15 is 0 Å². The van der Waals surface area contributed by atoms with E-state index in [1.54, 1.807) is 12.4 Å². The summed E-state index contributed by atoms with van der Waals surface area (Å²) in [4.78, 5) is 11.0. The summed E-state index contributed by atoms with van der Waals surface area (Å²) in [6.07, 6.45) is 4.48. The Hall–Kier alpha value is -1.94. The Morgan fingerprint density at radius 1 is 1.11 bits per heavy atom. The van der Waals surface area contributed by atoms with Gasteiger partial charge in [-0.2, -0.15) is 0 Å². The fraction of sp³-hybridized carbons (Fsp3) is 0.333. The summed E-state index contributed by atoms with van der Waals surface area (Å²) in [5.41, 5.74) is 7.87. The van der Waals surface area contributed by atoms with Crippen molar-refractivity contribution < 1.29 is 0 Å². The van der Waals surface area contributed by atoms with Crippen LogP contribution < -0.4 is 10.6 Å². The van der Waals surface area contributed by atoms with Crippen molar-refractivity contribution in [2.75, 3.05) is 11.4 Å². The zero-order valence-electron chi connectivity index (χ0n) is 11.3. The molecule has 0 radical (unpaired) electrons. The molecule has 0 amide bonds. The Bertz CT molecular complexity index is 499. The SMILES string of the molecule is CCCN(Cc1ccccc1)c1nccnc1CN. The quantitative estimate of drug-likeness (QED) is 0.862. The van der Waals surface area contributed by atoms with E-state index in [2.05, 4.69) is 46.1 Å². The molecular formula is C15H20N4. The predicted octanol–water partition coefficient (Wildman–Crippen LogP) is 2.35. The molecule has 2 N–H and O–H groups in total. The largest absolute Gasteiger partial charge is 0.351 e. The molecule has 0 unspecified atom stereocenters. The smallest absolute Gasteiger partial charge is 0.151 e. The molecule has 1 aromatic heterocycles. The zero-order chi connectivity index (χ0) is 13.5.